The van der Waals surface area contributed by atoms with E-state index in [1.54, 1.807) is 0 Å². The molecule has 0 aliphatic carbocycles. The van der Waals surface area contributed by atoms with Crippen LogP contribution in [0.2, 0.25) is 0 Å². The summed E-state index contributed by atoms with van der Waals surface area (Å²) in [7, 11) is 0. The number of nitrogens with one attached hydrogen (secondary N) is 1. The van der Waals surface area contributed by atoms with Gasteiger partial charge in [-0.05, 0) is 51.4 Å². The molecular formula is C58H113NO5. The summed E-state index contributed by atoms with van der Waals surface area (Å²) in [6, 6.07) is -0.547. The summed E-state index contributed by atoms with van der Waals surface area (Å²) in [4.78, 5) is 24.5. The minimum atomic E-state index is -0.669. The van der Waals surface area contributed by atoms with E-state index in [9.17, 15) is 19.8 Å². The fourth-order valence-corrected chi connectivity index (χ4v) is 9.11. The topological polar surface area (TPSA) is 95.9 Å². The van der Waals surface area contributed by atoms with Crippen molar-refractivity contribution in [3.8, 4) is 0 Å². The first kappa shape index (κ1) is 62.6. The van der Waals surface area contributed by atoms with E-state index in [2.05, 4.69) is 31.3 Å². The standard InChI is InChI=1S/C58H113NO5/c1-3-5-7-9-11-13-15-16-17-24-27-31-34-38-42-46-50-56(61)55(54-60)59-57(62)51-47-43-39-35-32-28-25-22-20-18-19-21-23-26-29-33-37-41-45-49-53-64-58(63)52-48-44-40-36-30-14-12-10-8-6-4-2/h18,20,55-56,60-61H,3-17,19,21-54H2,1-2H3,(H,59,62)/b20-18-. The molecule has 0 bridgehead atoms. The molecule has 0 aliphatic rings. The van der Waals surface area contributed by atoms with Crippen molar-refractivity contribution in [3.63, 3.8) is 0 Å². The summed E-state index contributed by atoms with van der Waals surface area (Å²) in [5.41, 5.74) is 0. The Bertz CT molecular complexity index is 955. The Labute approximate surface area is 399 Å². The zero-order valence-corrected chi connectivity index (χ0v) is 43.3. The van der Waals surface area contributed by atoms with Gasteiger partial charge in [-0.25, -0.2) is 0 Å². The molecule has 0 spiro atoms. The van der Waals surface area contributed by atoms with Crippen LogP contribution in [0.5, 0.6) is 0 Å². The van der Waals surface area contributed by atoms with Crippen LogP contribution < -0.4 is 5.32 Å². The van der Waals surface area contributed by atoms with Crippen LogP contribution in [0.4, 0.5) is 0 Å². The Morgan fingerprint density at radius 3 is 1.11 bits per heavy atom. The summed E-state index contributed by atoms with van der Waals surface area (Å²) in [5.74, 6) is -0.0350. The van der Waals surface area contributed by atoms with Gasteiger partial charge < -0.3 is 20.3 Å². The van der Waals surface area contributed by atoms with Gasteiger partial charge in [0.05, 0.1) is 25.4 Å². The van der Waals surface area contributed by atoms with Crippen LogP contribution in [-0.2, 0) is 14.3 Å². The fourth-order valence-electron chi connectivity index (χ4n) is 9.11. The molecule has 6 heteroatoms. The van der Waals surface area contributed by atoms with Crippen molar-refractivity contribution in [2.24, 2.45) is 0 Å². The third kappa shape index (κ3) is 50.0. The molecule has 3 N–H and O–H groups in total. The maximum atomic E-state index is 12.5. The Morgan fingerprint density at radius 1 is 0.422 bits per heavy atom. The Hall–Kier alpha value is -1.40. The normalized spacial score (nSPS) is 12.6. The highest BCUT2D eigenvalue weighted by atomic mass is 16.5. The zero-order chi connectivity index (χ0) is 46.5. The van der Waals surface area contributed by atoms with Gasteiger partial charge in [-0.3, -0.25) is 9.59 Å². The lowest BCUT2D eigenvalue weighted by atomic mass is 10.0. The molecule has 1 amide bonds. The van der Waals surface area contributed by atoms with Gasteiger partial charge in [0.15, 0.2) is 0 Å². The highest BCUT2D eigenvalue weighted by Crippen LogP contribution is 2.17. The Morgan fingerprint density at radius 2 is 0.734 bits per heavy atom. The number of allylic oxidation sites excluding steroid dienone is 2. The van der Waals surface area contributed by atoms with Crippen molar-refractivity contribution in [2.45, 2.75) is 334 Å². The van der Waals surface area contributed by atoms with Crippen molar-refractivity contribution >= 4 is 11.9 Å². The maximum absolute atomic E-state index is 12.5. The van der Waals surface area contributed by atoms with E-state index in [0.29, 0.717) is 25.9 Å². The monoisotopic (exact) mass is 904 g/mol. The first-order chi connectivity index (χ1) is 31.5. The van der Waals surface area contributed by atoms with E-state index in [4.69, 9.17) is 4.74 Å². The number of rotatable bonds is 54. The number of ether oxygens (including phenoxy) is 1. The largest absolute Gasteiger partial charge is 0.466 e. The van der Waals surface area contributed by atoms with Crippen LogP contribution in [0.25, 0.3) is 0 Å². The quantitative estimate of drug-likeness (QED) is 0.0321. The Balaban J connectivity index is 3.43. The van der Waals surface area contributed by atoms with E-state index >= 15 is 0 Å². The highest BCUT2D eigenvalue weighted by molar-refractivity contribution is 5.76. The van der Waals surface area contributed by atoms with Gasteiger partial charge in [-0.2, -0.15) is 0 Å². The van der Waals surface area contributed by atoms with Gasteiger partial charge in [-0.1, -0.05) is 270 Å². The molecule has 0 saturated carbocycles. The van der Waals surface area contributed by atoms with Gasteiger partial charge in [0.25, 0.3) is 0 Å². The number of unbranched alkanes of at least 4 members (excludes halogenated alkanes) is 41. The van der Waals surface area contributed by atoms with E-state index in [0.717, 1.165) is 38.5 Å². The second kappa shape index (κ2) is 54.2. The van der Waals surface area contributed by atoms with Crippen LogP contribution >= 0.6 is 0 Å². The number of hydrogen-bond donors (Lipinski definition) is 3. The van der Waals surface area contributed by atoms with Crippen LogP contribution in [0.1, 0.15) is 322 Å². The van der Waals surface area contributed by atoms with Gasteiger partial charge in [-0.15, -0.1) is 0 Å². The van der Waals surface area contributed by atoms with Gasteiger partial charge in [0.1, 0.15) is 0 Å². The van der Waals surface area contributed by atoms with Crippen LogP contribution in [-0.4, -0.2) is 47.4 Å². The van der Waals surface area contributed by atoms with Crippen molar-refractivity contribution in [1.29, 1.82) is 0 Å². The molecule has 0 heterocycles. The molecule has 0 aliphatic heterocycles. The molecule has 0 fully saturated rings. The van der Waals surface area contributed by atoms with Gasteiger partial charge in [0, 0.05) is 12.8 Å². The van der Waals surface area contributed by atoms with Crippen molar-refractivity contribution < 1.29 is 24.5 Å². The number of carbonyl (C=O) groups is 2. The fraction of sp³-hybridized carbons (Fsp3) is 0.931. The van der Waals surface area contributed by atoms with Crippen LogP contribution in [0.15, 0.2) is 12.2 Å². The van der Waals surface area contributed by atoms with E-state index in [1.165, 1.54) is 250 Å². The lowest BCUT2D eigenvalue weighted by molar-refractivity contribution is -0.143. The molecule has 0 radical (unpaired) electrons. The second-order valence-electron chi connectivity index (χ2n) is 20.0. The maximum Gasteiger partial charge on any atom is 0.305 e. The molecular weight excluding hydrogens is 791 g/mol. The molecule has 0 rings (SSSR count). The lowest BCUT2D eigenvalue weighted by Crippen LogP contribution is -2.45. The molecule has 6 nitrogen and oxygen atoms in total. The zero-order valence-electron chi connectivity index (χ0n) is 43.3. The number of esters is 1. The lowest BCUT2D eigenvalue weighted by Gasteiger charge is -2.22. The highest BCUT2D eigenvalue weighted by Gasteiger charge is 2.20. The number of carbonyl (C=O) groups excluding carboxylic acids is 2. The summed E-state index contributed by atoms with van der Waals surface area (Å²) in [5, 5.41) is 23.3. The molecule has 0 aromatic rings. The van der Waals surface area contributed by atoms with Crippen molar-refractivity contribution in [2.75, 3.05) is 13.2 Å². The van der Waals surface area contributed by atoms with E-state index < -0.39 is 12.1 Å². The molecule has 2 unspecified atom stereocenters. The third-order valence-electron chi connectivity index (χ3n) is 13.6. The van der Waals surface area contributed by atoms with Gasteiger partial charge >= 0.3 is 5.97 Å². The molecule has 0 aromatic heterocycles. The van der Waals surface area contributed by atoms with Crippen LogP contribution in [0, 0.1) is 0 Å². The first-order valence-electron chi connectivity index (χ1n) is 28.9. The number of hydrogen-bond acceptors (Lipinski definition) is 5. The number of aliphatic hydroxyl groups excluding tert-OH is 2. The third-order valence-corrected chi connectivity index (χ3v) is 13.6. The summed E-state index contributed by atoms with van der Waals surface area (Å²) in [6.45, 7) is 4.96. The first-order valence-corrected chi connectivity index (χ1v) is 28.9. The summed E-state index contributed by atoms with van der Waals surface area (Å²) in [6.07, 6.45) is 63.4. The molecule has 0 saturated heterocycles. The van der Waals surface area contributed by atoms with Crippen LogP contribution in [0.3, 0.4) is 0 Å². The van der Waals surface area contributed by atoms with E-state index in [-0.39, 0.29) is 18.5 Å². The van der Waals surface area contributed by atoms with Gasteiger partial charge in [0.2, 0.25) is 5.91 Å². The smallest absolute Gasteiger partial charge is 0.305 e. The minimum absolute atomic E-state index is 0.00639. The number of aliphatic hydroxyl groups is 2. The Kier molecular flexibility index (Phi) is 53.0. The van der Waals surface area contributed by atoms with Crippen molar-refractivity contribution in [3.05, 3.63) is 12.2 Å². The van der Waals surface area contributed by atoms with E-state index in [1.807, 2.05) is 0 Å². The van der Waals surface area contributed by atoms with Crippen molar-refractivity contribution in [1.82, 2.24) is 5.32 Å². The second-order valence-corrected chi connectivity index (χ2v) is 20.0. The molecule has 64 heavy (non-hydrogen) atoms. The minimum Gasteiger partial charge on any atom is -0.466 e. The average molecular weight is 905 g/mol. The number of amides is 1. The molecule has 0 aromatic carbocycles. The SMILES string of the molecule is CCCCCCCCCCCCCCCCCCC(O)C(CO)NC(=O)CCCCCCCCC/C=C\CCCCCCCCCCCOC(=O)CCCCCCCCCCCCC. The predicted octanol–water partition coefficient (Wildman–Crippen LogP) is 17.7. The predicted molar refractivity (Wildman–Crippen MR) is 278 cm³/mol. The summed E-state index contributed by atoms with van der Waals surface area (Å²) >= 11 is 0. The molecule has 2 atom stereocenters. The summed E-state index contributed by atoms with van der Waals surface area (Å²) < 4.78 is 5.46. The average Bonchev–Trinajstić information content (AvgIpc) is 3.29. The molecule has 380 valence electrons.